The van der Waals surface area contributed by atoms with Crippen LogP contribution in [-0.2, 0) is 21.2 Å². The van der Waals surface area contributed by atoms with Gasteiger partial charge in [0.1, 0.15) is 0 Å². The fourth-order valence-electron chi connectivity index (χ4n) is 2.51. The summed E-state index contributed by atoms with van der Waals surface area (Å²) in [6, 6.07) is 14.9. The molecule has 0 spiro atoms. The minimum atomic E-state index is -3.68. The zero-order chi connectivity index (χ0) is 19.2. The van der Waals surface area contributed by atoms with E-state index in [-0.39, 0.29) is 12.5 Å². The number of anilines is 1. The second kappa shape index (κ2) is 8.78. The third-order valence-electron chi connectivity index (χ3n) is 4.04. The molecule has 0 aromatic heterocycles. The molecule has 6 heteroatoms. The number of likely N-dealkylation sites (N-methyl/N-ethyl adjacent to an activating group) is 1. The number of rotatable bonds is 7. The van der Waals surface area contributed by atoms with Crippen LogP contribution in [0.15, 0.2) is 53.9 Å². The first-order valence-electron chi connectivity index (χ1n) is 8.41. The maximum absolute atomic E-state index is 12.3. The molecule has 0 radical (unpaired) electrons. The Morgan fingerprint density at radius 1 is 1.12 bits per heavy atom. The Hall–Kier alpha value is -2.44. The molecule has 2 aromatic rings. The molecule has 0 aliphatic heterocycles. The first kappa shape index (κ1) is 19.9. The average Bonchev–Trinajstić information content (AvgIpc) is 2.62. The van der Waals surface area contributed by atoms with Crippen molar-refractivity contribution in [2.45, 2.75) is 20.3 Å². The van der Waals surface area contributed by atoms with Crippen molar-refractivity contribution in [2.24, 2.45) is 0 Å². The summed E-state index contributed by atoms with van der Waals surface area (Å²) in [6.07, 6.45) is 2.30. The normalized spacial score (nSPS) is 11.8. The molecule has 138 valence electrons. The minimum Gasteiger partial charge on any atom is -0.324 e. The second-order valence-corrected chi connectivity index (χ2v) is 7.95. The zero-order valence-electron chi connectivity index (χ0n) is 15.3. The van der Waals surface area contributed by atoms with E-state index in [0.29, 0.717) is 0 Å². The second-order valence-electron chi connectivity index (χ2n) is 6.03. The maximum atomic E-state index is 12.3. The summed E-state index contributed by atoms with van der Waals surface area (Å²) < 4.78 is 25.7. The summed E-state index contributed by atoms with van der Waals surface area (Å²) in [7, 11) is -2.29. The van der Waals surface area contributed by atoms with E-state index in [1.165, 1.54) is 13.1 Å². The molecule has 0 atom stereocenters. The highest BCUT2D eigenvalue weighted by Gasteiger charge is 2.18. The lowest BCUT2D eigenvalue weighted by Crippen LogP contribution is -2.34. The van der Waals surface area contributed by atoms with Crippen LogP contribution in [0.25, 0.3) is 6.08 Å². The number of benzene rings is 2. The van der Waals surface area contributed by atoms with Gasteiger partial charge in [0.05, 0.1) is 6.54 Å². The molecule has 26 heavy (non-hydrogen) atoms. The highest BCUT2D eigenvalue weighted by molar-refractivity contribution is 7.92. The largest absolute Gasteiger partial charge is 0.324 e. The molecule has 1 N–H and O–H groups in total. The molecule has 0 aliphatic carbocycles. The summed E-state index contributed by atoms with van der Waals surface area (Å²) in [5.41, 5.74) is 3.51. The Kier molecular flexibility index (Phi) is 6.71. The molecule has 0 saturated heterocycles. The zero-order valence-corrected chi connectivity index (χ0v) is 16.1. The minimum absolute atomic E-state index is 0.251. The van der Waals surface area contributed by atoms with E-state index >= 15 is 0 Å². The molecule has 5 nitrogen and oxygen atoms in total. The van der Waals surface area contributed by atoms with Crippen molar-refractivity contribution in [1.29, 1.82) is 0 Å². The van der Waals surface area contributed by atoms with Crippen molar-refractivity contribution < 1.29 is 13.2 Å². The lowest BCUT2D eigenvalue weighted by molar-refractivity contribution is -0.116. The van der Waals surface area contributed by atoms with Crippen molar-refractivity contribution >= 4 is 27.7 Å². The van der Waals surface area contributed by atoms with Gasteiger partial charge in [-0.2, -0.15) is 4.31 Å². The topological polar surface area (TPSA) is 66.5 Å². The summed E-state index contributed by atoms with van der Waals surface area (Å²) in [6.45, 7) is 3.67. The van der Waals surface area contributed by atoms with Crippen LogP contribution >= 0.6 is 0 Å². The number of para-hydroxylation sites is 1. The Balaban J connectivity index is 2.05. The first-order valence-corrected chi connectivity index (χ1v) is 9.91. The summed E-state index contributed by atoms with van der Waals surface area (Å²) >= 11 is 0. The number of amides is 1. The van der Waals surface area contributed by atoms with E-state index in [0.717, 1.165) is 38.5 Å². The number of hydrogen-bond donors (Lipinski definition) is 1. The lowest BCUT2D eigenvalue weighted by Gasteiger charge is -2.17. The number of aryl methyl sites for hydroxylation is 2. The van der Waals surface area contributed by atoms with Gasteiger partial charge < -0.3 is 5.32 Å². The van der Waals surface area contributed by atoms with Gasteiger partial charge >= 0.3 is 0 Å². The fraction of sp³-hybridized carbons (Fsp3) is 0.250. The van der Waals surface area contributed by atoms with Crippen molar-refractivity contribution in [3.05, 3.63) is 70.6 Å². The third kappa shape index (κ3) is 5.28. The summed E-state index contributed by atoms with van der Waals surface area (Å²) in [5.74, 6) is -0.367. The van der Waals surface area contributed by atoms with E-state index in [2.05, 4.69) is 5.32 Å². The third-order valence-corrected chi connectivity index (χ3v) is 5.52. The van der Waals surface area contributed by atoms with Crippen LogP contribution in [0.4, 0.5) is 5.69 Å². The van der Waals surface area contributed by atoms with E-state index in [1.807, 2.05) is 62.4 Å². The fourth-order valence-corrected chi connectivity index (χ4v) is 3.34. The van der Waals surface area contributed by atoms with Crippen molar-refractivity contribution in [3.8, 4) is 0 Å². The SMILES string of the molecule is CCc1cccc(C)c1NC(=O)CN(C)S(=O)(=O)C=Cc1ccccc1. The van der Waals surface area contributed by atoms with Gasteiger partial charge in [-0.05, 0) is 36.1 Å². The Bertz CT molecular complexity index is 891. The van der Waals surface area contributed by atoms with Crippen LogP contribution in [-0.4, -0.2) is 32.2 Å². The molecular weight excluding hydrogens is 348 g/mol. The van der Waals surface area contributed by atoms with Crippen LogP contribution in [0.5, 0.6) is 0 Å². The predicted octanol–water partition coefficient (Wildman–Crippen LogP) is 3.43. The van der Waals surface area contributed by atoms with E-state index in [4.69, 9.17) is 0 Å². The van der Waals surface area contributed by atoms with Gasteiger partial charge in [0.15, 0.2) is 0 Å². The van der Waals surface area contributed by atoms with E-state index < -0.39 is 10.0 Å². The summed E-state index contributed by atoms with van der Waals surface area (Å²) in [5, 5.41) is 3.95. The number of nitrogens with one attached hydrogen (secondary N) is 1. The van der Waals surface area contributed by atoms with Crippen molar-refractivity contribution in [3.63, 3.8) is 0 Å². The highest BCUT2D eigenvalue weighted by Crippen LogP contribution is 2.21. The van der Waals surface area contributed by atoms with Gasteiger partial charge in [0.25, 0.3) is 0 Å². The Morgan fingerprint density at radius 3 is 2.46 bits per heavy atom. The number of sulfonamides is 1. The molecule has 0 heterocycles. The van der Waals surface area contributed by atoms with Crippen molar-refractivity contribution in [1.82, 2.24) is 4.31 Å². The number of carbonyl (C=O) groups is 1. The number of hydrogen-bond acceptors (Lipinski definition) is 3. The van der Waals surface area contributed by atoms with Gasteiger partial charge in [0.2, 0.25) is 15.9 Å². The monoisotopic (exact) mass is 372 g/mol. The van der Waals surface area contributed by atoms with E-state index in [9.17, 15) is 13.2 Å². The molecule has 2 rings (SSSR count). The molecule has 1 amide bonds. The van der Waals surface area contributed by atoms with Gasteiger partial charge in [0, 0.05) is 18.1 Å². The van der Waals surface area contributed by atoms with Crippen LogP contribution in [0.1, 0.15) is 23.6 Å². The van der Waals surface area contributed by atoms with Crippen LogP contribution in [0, 0.1) is 6.92 Å². The molecule has 0 bridgehead atoms. The number of carbonyl (C=O) groups excluding carboxylic acids is 1. The smallest absolute Gasteiger partial charge is 0.239 e. The molecule has 2 aromatic carbocycles. The van der Waals surface area contributed by atoms with Gasteiger partial charge in [-0.15, -0.1) is 0 Å². The van der Waals surface area contributed by atoms with Crippen LogP contribution < -0.4 is 5.32 Å². The van der Waals surface area contributed by atoms with Crippen LogP contribution in [0.3, 0.4) is 0 Å². The average molecular weight is 372 g/mol. The Morgan fingerprint density at radius 2 is 1.81 bits per heavy atom. The predicted molar refractivity (Wildman–Crippen MR) is 106 cm³/mol. The summed E-state index contributed by atoms with van der Waals surface area (Å²) in [4.78, 5) is 12.3. The van der Waals surface area contributed by atoms with E-state index in [1.54, 1.807) is 0 Å². The standard InChI is InChI=1S/C20H24N2O3S/c1-4-18-12-8-9-16(2)20(18)21-19(23)15-22(3)26(24,25)14-13-17-10-6-5-7-11-17/h5-14H,4,15H2,1-3H3,(H,21,23). The maximum Gasteiger partial charge on any atom is 0.239 e. The van der Waals surface area contributed by atoms with Gasteiger partial charge in [-0.25, -0.2) is 8.42 Å². The molecular formula is C20H24N2O3S. The van der Waals surface area contributed by atoms with Gasteiger partial charge in [-0.3, -0.25) is 4.79 Å². The first-order chi connectivity index (χ1) is 12.3. The Labute approximate surface area is 155 Å². The quantitative estimate of drug-likeness (QED) is 0.810. The molecule has 0 unspecified atom stereocenters. The molecule has 0 saturated carbocycles. The molecule has 0 fully saturated rings. The van der Waals surface area contributed by atoms with Crippen molar-refractivity contribution in [2.75, 3.05) is 18.9 Å². The highest BCUT2D eigenvalue weighted by atomic mass is 32.2. The van der Waals surface area contributed by atoms with Crippen LogP contribution in [0.2, 0.25) is 0 Å². The lowest BCUT2D eigenvalue weighted by atomic mass is 10.1. The number of nitrogens with zero attached hydrogens (tertiary/aromatic N) is 1. The van der Waals surface area contributed by atoms with Gasteiger partial charge in [-0.1, -0.05) is 55.5 Å². The molecule has 0 aliphatic rings.